The number of thioether (sulfide) groups is 2. The van der Waals surface area contributed by atoms with E-state index < -0.39 is 0 Å². The van der Waals surface area contributed by atoms with E-state index in [0.29, 0.717) is 21.8 Å². The van der Waals surface area contributed by atoms with E-state index >= 15 is 0 Å². The first kappa shape index (κ1) is 17.2. The van der Waals surface area contributed by atoms with E-state index in [1.54, 1.807) is 6.07 Å². The lowest BCUT2D eigenvalue weighted by Gasteiger charge is -2.36. The molecule has 0 saturated carbocycles. The van der Waals surface area contributed by atoms with Crippen molar-refractivity contribution < 1.29 is 4.39 Å². The van der Waals surface area contributed by atoms with Gasteiger partial charge in [-0.25, -0.2) is 4.39 Å². The number of hydrogen-bond acceptors (Lipinski definition) is 3. The second-order valence-corrected chi connectivity index (χ2v) is 8.89. The van der Waals surface area contributed by atoms with Gasteiger partial charge in [0.1, 0.15) is 5.82 Å². The summed E-state index contributed by atoms with van der Waals surface area (Å²) in [5, 5.41) is 5.62. The summed E-state index contributed by atoms with van der Waals surface area (Å²) in [5.74, 6) is 1.05. The largest absolute Gasteiger partial charge is 0.309 e. The number of hydrogen-bond donors (Lipinski definition) is 1. The predicted molar refractivity (Wildman–Crippen MR) is 94.9 cm³/mol. The zero-order valence-electron chi connectivity index (χ0n) is 13.4. The van der Waals surface area contributed by atoms with E-state index in [1.807, 2.05) is 19.1 Å². The molecule has 4 heteroatoms. The van der Waals surface area contributed by atoms with Crippen molar-refractivity contribution in [2.24, 2.45) is 0 Å². The summed E-state index contributed by atoms with van der Waals surface area (Å²) in [5.41, 5.74) is 1.97. The summed E-state index contributed by atoms with van der Waals surface area (Å²) in [4.78, 5) is 0. The van der Waals surface area contributed by atoms with Crippen LogP contribution in [0, 0.1) is 12.7 Å². The Hall–Kier alpha value is -0.190. The normalized spacial score (nSPS) is 27.6. The highest BCUT2D eigenvalue weighted by atomic mass is 32.2. The van der Waals surface area contributed by atoms with Gasteiger partial charge < -0.3 is 5.32 Å². The summed E-state index contributed by atoms with van der Waals surface area (Å²) in [6.07, 6.45) is 1.12. The van der Waals surface area contributed by atoms with Crippen LogP contribution in [0.2, 0.25) is 0 Å². The zero-order chi connectivity index (χ0) is 15.4. The van der Waals surface area contributed by atoms with Crippen molar-refractivity contribution >= 4 is 23.5 Å². The highest BCUT2D eigenvalue weighted by Gasteiger charge is 2.31. The Kier molecular flexibility index (Phi) is 6.45. The van der Waals surface area contributed by atoms with Crippen molar-refractivity contribution in [1.82, 2.24) is 5.32 Å². The summed E-state index contributed by atoms with van der Waals surface area (Å²) in [7, 11) is 0. The quantitative estimate of drug-likeness (QED) is 0.834. The summed E-state index contributed by atoms with van der Waals surface area (Å²) < 4.78 is 13.5. The first-order valence-electron chi connectivity index (χ1n) is 7.79. The van der Waals surface area contributed by atoms with E-state index in [0.717, 1.165) is 24.3 Å². The molecule has 0 bridgehead atoms. The molecule has 1 N–H and O–H groups in total. The van der Waals surface area contributed by atoms with E-state index in [1.165, 1.54) is 5.56 Å². The van der Waals surface area contributed by atoms with Crippen LogP contribution in [0.3, 0.4) is 0 Å². The molecule has 1 saturated heterocycles. The molecule has 1 aromatic rings. The molecule has 1 nitrogen and oxygen atoms in total. The maximum Gasteiger partial charge on any atom is 0.126 e. The van der Waals surface area contributed by atoms with Gasteiger partial charge in [0.25, 0.3) is 0 Å². The summed E-state index contributed by atoms with van der Waals surface area (Å²) >= 11 is 4.14. The number of benzene rings is 1. The lowest BCUT2D eigenvalue weighted by Crippen LogP contribution is -2.37. The van der Waals surface area contributed by atoms with Crippen LogP contribution in [0.5, 0.6) is 0 Å². The summed E-state index contributed by atoms with van der Waals surface area (Å²) in [6.45, 7) is 9.68. The van der Waals surface area contributed by atoms with Crippen LogP contribution in [-0.2, 0) is 0 Å². The number of rotatable bonds is 5. The Morgan fingerprint density at radius 2 is 2.10 bits per heavy atom. The van der Waals surface area contributed by atoms with Gasteiger partial charge in [-0.1, -0.05) is 32.9 Å². The fourth-order valence-electron chi connectivity index (χ4n) is 2.61. The van der Waals surface area contributed by atoms with Crippen LogP contribution < -0.4 is 5.32 Å². The van der Waals surface area contributed by atoms with Gasteiger partial charge in [0.2, 0.25) is 0 Å². The maximum absolute atomic E-state index is 13.5. The first-order valence-corrected chi connectivity index (χ1v) is 9.78. The lowest BCUT2D eigenvalue weighted by molar-refractivity contribution is 0.525. The van der Waals surface area contributed by atoms with Gasteiger partial charge in [-0.3, -0.25) is 0 Å². The molecule has 0 amide bonds. The van der Waals surface area contributed by atoms with E-state index in [-0.39, 0.29) is 5.82 Å². The summed E-state index contributed by atoms with van der Waals surface area (Å²) in [6, 6.07) is 5.88. The number of aryl methyl sites for hydroxylation is 1. The van der Waals surface area contributed by atoms with Gasteiger partial charge in [0.05, 0.1) is 0 Å². The molecule has 1 aliphatic heterocycles. The van der Waals surface area contributed by atoms with Crippen LogP contribution >= 0.6 is 23.5 Å². The minimum Gasteiger partial charge on any atom is -0.309 e. The molecule has 1 aromatic carbocycles. The fraction of sp³-hybridized carbons (Fsp3) is 0.647. The predicted octanol–water partition coefficient (Wildman–Crippen LogP) is 4.80. The molecule has 21 heavy (non-hydrogen) atoms. The zero-order valence-corrected chi connectivity index (χ0v) is 15.0. The number of halogens is 1. The van der Waals surface area contributed by atoms with Gasteiger partial charge in [-0.05, 0) is 37.1 Å². The molecule has 1 aliphatic rings. The average Bonchev–Trinajstić information content (AvgIpc) is 2.46. The SMILES string of the molecule is CCCNC(c1ccc(F)c(C)c1)C1CSC(C)C(C)S1. The molecule has 0 aromatic heterocycles. The van der Waals surface area contributed by atoms with Gasteiger partial charge in [0, 0.05) is 27.5 Å². The van der Waals surface area contributed by atoms with Gasteiger partial charge in [0.15, 0.2) is 0 Å². The van der Waals surface area contributed by atoms with Crippen LogP contribution in [0.1, 0.15) is 44.4 Å². The van der Waals surface area contributed by atoms with Crippen molar-refractivity contribution in [1.29, 1.82) is 0 Å². The van der Waals surface area contributed by atoms with Crippen molar-refractivity contribution in [3.63, 3.8) is 0 Å². The number of nitrogens with one attached hydrogen (secondary N) is 1. The Balaban J connectivity index is 2.19. The molecule has 4 atom stereocenters. The van der Waals surface area contributed by atoms with Crippen molar-refractivity contribution in [3.8, 4) is 0 Å². The van der Waals surface area contributed by atoms with E-state index in [9.17, 15) is 4.39 Å². The van der Waals surface area contributed by atoms with Crippen LogP contribution in [0.4, 0.5) is 4.39 Å². The highest BCUT2D eigenvalue weighted by molar-refractivity contribution is 8.07. The Labute approximate surface area is 136 Å². The molecule has 1 heterocycles. The third kappa shape index (κ3) is 4.40. The molecule has 0 radical (unpaired) electrons. The molecular formula is C17H26FNS2. The third-order valence-electron chi connectivity index (χ3n) is 4.10. The van der Waals surface area contributed by atoms with Crippen LogP contribution in [-0.4, -0.2) is 28.0 Å². The molecule has 4 unspecified atom stereocenters. The Morgan fingerprint density at radius 1 is 1.33 bits per heavy atom. The van der Waals surface area contributed by atoms with Gasteiger partial charge in [-0.15, -0.1) is 0 Å². The third-order valence-corrected chi connectivity index (χ3v) is 7.60. The van der Waals surface area contributed by atoms with Gasteiger partial charge in [-0.2, -0.15) is 23.5 Å². The van der Waals surface area contributed by atoms with Crippen molar-refractivity contribution in [2.75, 3.05) is 12.3 Å². The second-order valence-electron chi connectivity index (χ2n) is 5.86. The highest BCUT2D eigenvalue weighted by Crippen LogP contribution is 2.41. The maximum atomic E-state index is 13.5. The van der Waals surface area contributed by atoms with Crippen molar-refractivity contribution in [3.05, 3.63) is 35.1 Å². The van der Waals surface area contributed by atoms with Gasteiger partial charge >= 0.3 is 0 Å². The molecular weight excluding hydrogens is 301 g/mol. The average molecular weight is 328 g/mol. The van der Waals surface area contributed by atoms with E-state index in [2.05, 4.69) is 49.6 Å². The second kappa shape index (κ2) is 7.89. The van der Waals surface area contributed by atoms with Crippen LogP contribution in [0.15, 0.2) is 18.2 Å². The van der Waals surface area contributed by atoms with E-state index in [4.69, 9.17) is 0 Å². The standard InChI is InChI=1S/C17H26FNS2/c1-5-8-19-17(14-6-7-15(18)11(2)9-14)16-10-20-12(3)13(4)21-16/h6-7,9,12-13,16-17,19H,5,8,10H2,1-4H3. The lowest BCUT2D eigenvalue weighted by atomic mass is 10.0. The van der Waals surface area contributed by atoms with Crippen molar-refractivity contribution in [2.45, 2.75) is 55.9 Å². The molecule has 2 rings (SSSR count). The Bertz CT molecular complexity index is 466. The smallest absolute Gasteiger partial charge is 0.126 e. The minimum atomic E-state index is -0.111. The molecule has 1 fully saturated rings. The minimum absolute atomic E-state index is 0.111. The fourth-order valence-corrected chi connectivity index (χ4v) is 5.73. The monoisotopic (exact) mass is 327 g/mol. The molecule has 0 aliphatic carbocycles. The molecule has 0 spiro atoms. The Morgan fingerprint density at radius 3 is 2.71 bits per heavy atom. The molecule has 118 valence electrons. The van der Waals surface area contributed by atoms with Crippen LogP contribution in [0.25, 0.3) is 0 Å². The first-order chi connectivity index (χ1) is 10.0. The topological polar surface area (TPSA) is 12.0 Å².